The molecule has 3 rings (SSSR count). The summed E-state index contributed by atoms with van der Waals surface area (Å²) < 4.78 is 1.69. The maximum Gasteiger partial charge on any atom is 0.156 e. The van der Waals surface area contributed by atoms with Crippen molar-refractivity contribution in [3.8, 4) is 0 Å². The van der Waals surface area contributed by atoms with Crippen LogP contribution in [0.5, 0.6) is 0 Å². The lowest BCUT2D eigenvalue weighted by atomic mass is 10.4. The average Bonchev–Trinajstić information content (AvgIpc) is 2.88. The predicted octanol–water partition coefficient (Wildman–Crippen LogP) is 0.912. The van der Waals surface area contributed by atoms with Crippen molar-refractivity contribution in [2.75, 3.05) is 23.7 Å². The first kappa shape index (κ1) is 8.52. The van der Waals surface area contributed by atoms with Gasteiger partial charge >= 0.3 is 0 Å². The monoisotopic (exact) mass is 203 g/mol. The molecule has 2 aromatic heterocycles. The molecule has 5 nitrogen and oxygen atoms in total. The van der Waals surface area contributed by atoms with Gasteiger partial charge in [0.15, 0.2) is 5.65 Å². The fourth-order valence-electron chi connectivity index (χ4n) is 2.00. The number of anilines is 2. The second-order valence-electron chi connectivity index (χ2n) is 3.84. The summed E-state index contributed by atoms with van der Waals surface area (Å²) in [5.41, 5.74) is 6.56. The van der Waals surface area contributed by atoms with Gasteiger partial charge in [0.25, 0.3) is 0 Å². The van der Waals surface area contributed by atoms with E-state index < -0.39 is 0 Å². The molecular formula is C10H13N5. The van der Waals surface area contributed by atoms with E-state index in [0.717, 1.165) is 24.6 Å². The Kier molecular flexibility index (Phi) is 1.77. The van der Waals surface area contributed by atoms with Gasteiger partial charge in [-0.05, 0) is 25.0 Å². The molecule has 1 saturated heterocycles. The third-order valence-electron chi connectivity index (χ3n) is 2.80. The lowest BCUT2D eigenvalue weighted by Gasteiger charge is -2.15. The van der Waals surface area contributed by atoms with Gasteiger partial charge in [0.05, 0.1) is 6.20 Å². The fourth-order valence-corrected chi connectivity index (χ4v) is 2.00. The van der Waals surface area contributed by atoms with Crippen molar-refractivity contribution in [1.29, 1.82) is 0 Å². The summed E-state index contributed by atoms with van der Waals surface area (Å²) in [7, 11) is 0. The maximum atomic E-state index is 5.76. The molecular weight excluding hydrogens is 190 g/mol. The van der Waals surface area contributed by atoms with Gasteiger partial charge in [-0.1, -0.05) is 0 Å². The predicted molar refractivity (Wildman–Crippen MR) is 58.8 cm³/mol. The molecule has 0 saturated carbocycles. The summed E-state index contributed by atoms with van der Waals surface area (Å²) in [4.78, 5) is 6.42. The number of imidazole rings is 1. The number of aromatic nitrogens is 3. The van der Waals surface area contributed by atoms with Gasteiger partial charge in [0.2, 0.25) is 0 Å². The summed E-state index contributed by atoms with van der Waals surface area (Å²) in [6.45, 7) is 2.18. The number of hydrogen-bond acceptors (Lipinski definition) is 4. The van der Waals surface area contributed by atoms with Crippen molar-refractivity contribution >= 4 is 17.3 Å². The Morgan fingerprint density at radius 1 is 1.20 bits per heavy atom. The number of rotatable bonds is 1. The molecule has 78 valence electrons. The molecule has 2 N–H and O–H groups in total. The quantitative estimate of drug-likeness (QED) is 0.748. The van der Waals surface area contributed by atoms with E-state index in [4.69, 9.17) is 5.73 Å². The first-order valence-corrected chi connectivity index (χ1v) is 5.20. The molecule has 0 aliphatic carbocycles. The van der Waals surface area contributed by atoms with E-state index in [1.54, 1.807) is 10.7 Å². The second-order valence-corrected chi connectivity index (χ2v) is 3.84. The standard InChI is InChI=1S/C10H13N5/c11-8-7-12-9-3-4-10(13-15(8)9)14-5-1-2-6-14/h3-4,7H,1-2,5-6,11H2. The number of nitrogen functional groups attached to an aromatic ring is 1. The van der Waals surface area contributed by atoms with Crippen LogP contribution in [-0.2, 0) is 0 Å². The zero-order valence-electron chi connectivity index (χ0n) is 8.43. The molecule has 1 aliphatic rings. The van der Waals surface area contributed by atoms with Gasteiger partial charge in [0, 0.05) is 13.1 Å². The molecule has 0 amide bonds. The van der Waals surface area contributed by atoms with Crippen LogP contribution in [-0.4, -0.2) is 27.7 Å². The van der Waals surface area contributed by atoms with Crippen molar-refractivity contribution in [2.24, 2.45) is 0 Å². The zero-order chi connectivity index (χ0) is 10.3. The van der Waals surface area contributed by atoms with Crippen LogP contribution in [0.25, 0.3) is 5.65 Å². The normalized spacial score (nSPS) is 16.4. The lowest BCUT2D eigenvalue weighted by Crippen LogP contribution is -2.20. The molecule has 0 spiro atoms. The average molecular weight is 203 g/mol. The highest BCUT2D eigenvalue weighted by atomic mass is 15.3. The van der Waals surface area contributed by atoms with E-state index in [1.165, 1.54) is 12.8 Å². The van der Waals surface area contributed by atoms with Crippen molar-refractivity contribution in [3.63, 3.8) is 0 Å². The number of nitrogens with two attached hydrogens (primary N) is 1. The molecule has 5 heteroatoms. The highest BCUT2D eigenvalue weighted by molar-refractivity contribution is 5.51. The van der Waals surface area contributed by atoms with Crippen LogP contribution in [0.1, 0.15) is 12.8 Å². The maximum absolute atomic E-state index is 5.76. The van der Waals surface area contributed by atoms with Crippen LogP contribution in [0.15, 0.2) is 18.3 Å². The second kappa shape index (κ2) is 3.12. The number of fused-ring (bicyclic) bond motifs is 1. The summed E-state index contributed by atoms with van der Waals surface area (Å²) in [5.74, 6) is 1.58. The largest absolute Gasteiger partial charge is 0.382 e. The van der Waals surface area contributed by atoms with Crippen LogP contribution in [0.2, 0.25) is 0 Å². The third-order valence-corrected chi connectivity index (χ3v) is 2.80. The molecule has 1 fully saturated rings. The van der Waals surface area contributed by atoms with Gasteiger partial charge in [0.1, 0.15) is 11.6 Å². The topological polar surface area (TPSA) is 59.5 Å². The molecule has 0 atom stereocenters. The zero-order valence-corrected chi connectivity index (χ0v) is 8.43. The Balaban J connectivity index is 2.08. The Morgan fingerprint density at radius 2 is 2.00 bits per heavy atom. The molecule has 0 aromatic carbocycles. The van der Waals surface area contributed by atoms with Gasteiger partial charge in [-0.2, -0.15) is 4.52 Å². The Bertz CT molecular complexity index is 484. The summed E-state index contributed by atoms with van der Waals surface area (Å²) >= 11 is 0. The van der Waals surface area contributed by atoms with Crippen molar-refractivity contribution in [1.82, 2.24) is 14.6 Å². The number of nitrogens with zero attached hydrogens (tertiary/aromatic N) is 4. The van der Waals surface area contributed by atoms with Crippen LogP contribution in [0.3, 0.4) is 0 Å². The first-order chi connectivity index (χ1) is 7.34. The van der Waals surface area contributed by atoms with Crippen molar-refractivity contribution < 1.29 is 0 Å². The summed E-state index contributed by atoms with van der Waals surface area (Å²) in [6.07, 6.45) is 4.13. The molecule has 0 radical (unpaired) electrons. The van der Waals surface area contributed by atoms with E-state index in [9.17, 15) is 0 Å². The van der Waals surface area contributed by atoms with E-state index in [2.05, 4.69) is 15.0 Å². The van der Waals surface area contributed by atoms with E-state index in [0.29, 0.717) is 5.82 Å². The van der Waals surface area contributed by atoms with Gasteiger partial charge in [-0.15, -0.1) is 5.10 Å². The minimum atomic E-state index is 0.589. The van der Waals surface area contributed by atoms with Gasteiger partial charge < -0.3 is 10.6 Å². The van der Waals surface area contributed by atoms with E-state index in [-0.39, 0.29) is 0 Å². The van der Waals surface area contributed by atoms with Crippen LogP contribution in [0, 0.1) is 0 Å². The highest BCUT2D eigenvalue weighted by Crippen LogP contribution is 2.18. The van der Waals surface area contributed by atoms with Gasteiger partial charge in [-0.25, -0.2) is 4.98 Å². The molecule has 0 unspecified atom stereocenters. The third kappa shape index (κ3) is 1.31. The fraction of sp³-hybridized carbons (Fsp3) is 0.400. The Morgan fingerprint density at radius 3 is 2.80 bits per heavy atom. The van der Waals surface area contributed by atoms with Crippen LogP contribution in [0.4, 0.5) is 11.6 Å². The van der Waals surface area contributed by atoms with Crippen molar-refractivity contribution in [2.45, 2.75) is 12.8 Å². The van der Waals surface area contributed by atoms with Gasteiger partial charge in [-0.3, -0.25) is 0 Å². The van der Waals surface area contributed by atoms with Crippen LogP contribution >= 0.6 is 0 Å². The SMILES string of the molecule is Nc1cnc2ccc(N3CCCC3)nn12. The van der Waals surface area contributed by atoms with Crippen LogP contribution < -0.4 is 10.6 Å². The highest BCUT2D eigenvalue weighted by Gasteiger charge is 2.14. The molecule has 1 aliphatic heterocycles. The Hall–Kier alpha value is -1.78. The summed E-state index contributed by atoms with van der Waals surface area (Å²) in [6, 6.07) is 3.96. The minimum absolute atomic E-state index is 0.589. The van der Waals surface area contributed by atoms with E-state index >= 15 is 0 Å². The first-order valence-electron chi connectivity index (χ1n) is 5.20. The lowest BCUT2D eigenvalue weighted by molar-refractivity contribution is 0.864. The minimum Gasteiger partial charge on any atom is -0.382 e. The smallest absolute Gasteiger partial charge is 0.156 e. The number of hydrogen-bond donors (Lipinski definition) is 1. The molecule has 3 heterocycles. The summed E-state index contributed by atoms with van der Waals surface area (Å²) in [5, 5.41) is 4.47. The Labute approximate surface area is 87.5 Å². The van der Waals surface area contributed by atoms with E-state index in [1.807, 2.05) is 12.1 Å². The molecule has 2 aromatic rings. The molecule has 15 heavy (non-hydrogen) atoms. The molecule has 0 bridgehead atoms. The van der Waals surface area contributed by atoms with Crippen molar-refractivity contribution in [3.05, 3.63) is 18.3 Å².